The first-order chi connectivity index (χ1) is 7.33. The summed E-state index contributed by atoms with van der Waals surface area (Å²) in [6.07, 6.45) is 10.7. The third kappa shape index (κ3) is 5.25. The van der Waals surface area contributed by atoms with Gasteiger partial charge in [0.15, 0.2) is 0 Å². The van der Waals surface area contributed by atoms with Crippen LogP contribution in [0.3, 0.4) is 0 Å². The number of urea groups is 1. The van der Waals surface area contributed by atoms with Gasteiger partial charge in [0, 0.05) is 13.1 Å². The molecule has 0 radical (unpaired) electrons. The van der Waals surface area contributed by atoms with Crippen molar-refractivity contribution < 1.29 is 4.79 Å². The van der Waals surface area contributed by atoms with E-state index in [0.717, 1.165) is 32.2 Å². The highest BCUT2D eigenvalue weighted by molar-refractivity contribution is 5.74. The van der Waals surface area contributed by atoms with Crippen molar-refractivity contribution in [2.24, 2.45) is 0 Å². The van der Waals surface area contributed by atoms with Crippen LogP contribution in [0.4, 0.5) is 4.79 Å². The van der Waals surface area contributed by atoms with Crippen LogP contribution >= 0.6 is 0 Å². The molecule has 0 aliphatic heterocycles. The molecule has 0 heterocycles. The van der Waals surface area contributed by atoms with Crippen LogP contribution in [-0.2, 0) is 0 Å². The molecule has 0 fully saturated rings. The normalized spacial score (nSPS) is 14.6. The molecule has 0 bridgehead atoms. The lowest BCUT2D eigenvalue weighted by Crippen LogP contribution is -2.36. The number of carbonyl (C=O) groups is 1. The van der Waals surface area contributed by atoms with Crippen molar-refractivity contribution >= 4 is 6.03 Å². The highest BCUT2D eigenvalue weighted by Gasteiger charge is 2.01. The van der Waals surface area contributed by atoms with Crippen LogP contribution in [-0.4, -0.2) is 19.1 Å². The minimum atomic E-state index is -0.0664. The van der Waals surface area contributed by atoms with E-state index < -0.39 is 0 Å². The van der Waals surface area contributed by atoms with Crippen molar-refractivity contribution in [2.45, 2.75) is 32.6 Å². The number of carbonyl (C=O) groups excluding carboxylic acids is 1. The Balaban J connectivity index is 2.11. The van der Waals surface area contributed by atoms with Crippen molar-refractivity contribution in [3.05, 3.63) is 23.8 Å². The molecule has 0 aromatic heterocycles. The predicted molar refractivity (Wildman–Crippen MR) is 62.8 cm³/mol. The van der Waals surface area contributed by atoms with E-state index in [-0.39, 0.29) is 6.03 Å². The van der Waals surface area contributed by atoms with E-state index >= 15 is 0 Å². The van der Waals surface area contributed by atoms with Crippen LogP contribution in [0.25, 0.3) is 0 Å². The van der Waals surface area contributed by atoms with E-state index in [1.165, 1.54) is 5.57 Å². The second-order valence-corrected chi connectivity index (χ2v) is 3.72. The van der Waals surface area contributed by atoms with Gasteiger partial charge in [-0.25, -0.2) is 4.79 Å². The van der Waals surface area contributed by atoms with Gasteiger partial charge < -0.3 is 10.6 Å². The second-order valence-electron chi connectivity index (χ2n) is 3.72. The number of unbranched alkanes of at least 4 members (excludes halogenated alkanes) is 1. The number of rotatable bonds is 5. The van der Waals surface area contributed by atoms with E-state index in [9.17, 15) is 4.79 Å². The maximum atomic E-state index is 11.3. The standard InChI is InChI=1S/C12H20N2O/c1-2-3-9-13-12(15)14-10-11-7-5-4-6-8-11/h5,7-8H,2-4,6,9-10H2,1H3,(H2,13,14,15). The Labute approximate surface area is 91.6 Å². The maximum Gasteiger partial charge on any atom is 0.315 e. The third-order valence-corrected chi connectivity index (χ3v) is 2.34. The molecule has 1 rings (SSSR count). The molecule has 0 aromatic rings. The molecule has 0 unspecified atom stereocenters. The Kier molecular flexibility index (Phi) is 5.59. The van der Waals surface area contributed by atoms with Crippen molar-refractivity contribution in [1.29, 1.82) is 0 Å². The van der Waals surface area contributed by atoms with Gasteiger partial charge in [0.05, 0.1) is 0 Å². The summed E-state index contributed by atoms with van der Waals surface area (Å²) in [4.78, 5) is 11.3. The van der Waals surface area contributed by atoms with Crippen LogP contribution < -0.4 is 10.6 Å². The summed E-state index contributed by atoms with van der Waals surface area (Å²) in [5, 5.41) is 5.66. The lowest BCUT2D eigenvalue weighted by Gasteiger charge is -2.09. The van der Waals surface area contributed by atoms with Crippen LogP contribution in [0.15, 0.2) is 23.8 Å². The Morgan fingerprint density at radius 1 is 1.40 bits per heavy atom. The topological polar surface area (TPSA) is 41.1 Å². The largest absolute Gasteiger partial charge is 0.338 e. The molecule has 84 valence electrons. The predicted octanol–water partition coefficient (Wildman–Crippen LogP) is 2.36. The first kappa shape index (κ1) is 11.8. The van der Waals surface area contributed by atoms with E-state index in [1.54, 1.807) is 0 Å². The third-order valence-electron chi connectivity index (χ3n) is 2.34. The highest BCUT2D eigenvalue weighted by atomic mass is 16.2. The van der Waals surface area contributed by atoms with Gasteiger partial charge in [0.25, 0.3) is 0 Å². The van der Waals surface area contributed by atoms with Gasteiger partial charge in [0.1, 0.15) is 0 Å². The fourth-order valence-corrected chi connectivity index (χ4v) is 1.42. The molecule has 0 aromatic carbocycles. The van der Waals surface area contributed by atoms with Gasteiger partial charge in [-0.15, -0.1) is 0 Å². The fourth-order valence-electron chi connectivity index (χ4n) is 1.42. The van der Waals surface area contributed by atoms with E-state index in [1.807, 2.05) is 0 Å². The van der Waals surface area contributed by atoms with Gasteiger partial charge in [-0.1, -0.05) is 31.6 Å². The fraction of sp³-hybridized carbons (Fsp3) is 0.583. The van der Waals surface area contributed by atoms with Crippen molar-refractivity contribution in [3.63, 3.8) is 0 Å². The van der Waals surface area contributed by atoms with Crippen LogP contribution in [0.2, 0.25) is 0 Å². The molecular weight excluding hydrogens is 188 g/mol. The van der Waals surface area contributed by atoms with E-state index in [4.69, 9.17) is 0 Å². The number of amides is 2. The van der Waals surface area contributed by atoms with Crippen molar-refractivity contribution in [2.75, 3.05) is 13.1 Å². The Bertz CT molecular complexity index is 256. The summed E-state index contributed by atoms with van der Waals surface area (Å²) in [7, 11) is 0. The Morgan fingerprint density at radius 3 is 2.93 bits per heavy atom. The maximum absolute atomic E-state index is 11.3. The molecule has 1 aliphatic rings. The first-order valence-electron chi connectivity index (χ1n) is 5.70. The summed E-state index contributed by atoms with van der Waals surface area (Å²) in [6, 6.07) is -0.0664. The van der Waals surface area contributed by atoms with Crippen LogP contribution in [0, 0.1) is 0 Å². The molecule has 2 amide bonds. The zero-order valence-corrected chi connectivity index (χ0v) is 9.38. The summed E-state index contributed by atoms with van der Waals surface area (Å²) < 4.78 is 0. The molecule has 3 heteroatoms. The summed E-state index contributed by atoms with van der Waals surface area (Å²) in [5.41, 5.74) is 1.20. The minimum Gasteiger partial charge on any atom is -0.338 e. The molecule has 0 saturated heterocycles. The molecule has 0 spiro atoms. The van der Waals surface area contributed by atoms with Gasteiger partial charge >= 0.3 is 6.03 Å². The molecule has 2 N–H and O–H groups in total. The SMILES string of the molecule is CCCCNC(=O)NCC1=CCCC=C1. The molecule has 0 saturated carbocycles. The molecule has 15 heavy (non-hydrogen) atoms. The van der Waals surface area contributed by atoms with Crippen molar-refractivity contribution in [1.82, 2.24) is 10.6 Å². The minimum absolute atomic E-state index is 0.0664. The summed E-state index contributed by atoms with van der Waals surface area (Å²) >= 11 is 0. The first-order valence-corrected chi connectivity index (χ1v) is 5.70. The Morgan fingerprint density at radius 2 is 2.27 bits per heavy atom. The van der Waals surface area contributed by atoms with Crippen LogP contribution in [0.5, 0.6) is 0 Å². The molecular formula is C12H20N2O. The van der Waals surface area contributed by atoms with Gasteiger partial charge in [-0.3, -0.25) is 0 Å². The van der Waals surface area contributed by atoms with Gasteiger partial charge in [-0.05, 0) is 24.8 Å². The van der Waals surface area contributed by atoms with Crippen LogP contribution in [0.1, 0.15) is 32.6 Å². The molecule has 1 aliphatic carbocycles. The zero-order chi connectivity index (χ0) is 10.9. The highest BCUT2D eigenvalue weighted by Crippen LogP contribution is 2.07. The number of hydrogen-bond acceptors (Lipinski definition) is 1. The summed E-state index contributed by atoms with van der Waals surface area (Å²) in [5.74, 6) is 0. The number of nitrogens with one attached hydrogen (secondary N) is 2. The van der Waals surface area contributed by atoms with E-state index in [0.29, 0.717) is 6.54 Å². The average molecular weight is 208 g/mol. The lowest BCUT2D eigenvalue weighted by molar-refractivity contribution is 0.241. The number of hydrogen-bond donors (Lipinski definition) is 2. The van der Waals surface area contributed by atoms with Crippen molar-refractivity contribution in [3.8, 4) is 0 Å². The smallest absolute Gasteiger partial charge is 0.315 e. The average Bonchev–Trinajstić information content (AvgIpc) is 2.28. The number of allylic oxidation sites excluding steroid dienone is 2. The second kappa shape index (κ2) is 7.10. The lowest BCUT2D eigenvalue weighted by atomic mass is 10.1. The molecule has 3 nitrogen and oxygen atoms in total. The van der Waals surface area contributed by atoms with Gasteiger partial charge in [-0.2, -0.15) is 0 Å². The zero-order valence-electron chi connectivity index (χ0n) is 9.38. The summed E-state index contributed by atoms with van der Waals surface area (Å²) in [6.45, 7) is 3.50. The molecule has 0 atom stereocenters. The quantitative estimate of drug-likeness (QED) is 0.669. The van der Waals surface area contributed by atoms with E-state index in [2.05, 4.69) is 35.8 Å². The Hall–Kier alpha value is -1.25. The monoisotopic (exact) mass is 208 g/mol. The van der Waals surface area contributed by atoms with Gasteiger partial charge in [0.2, 0.25) is 0 Å².